The highest BCUT2D eigenvalue weighted by Gasteiger charge is 2.15. The zero-order chi connectivity index (χ0) is 12.8. The van der Waals surface area contributed by atoms with E-state index >= 15 is 0 Å². The first kappa shape index (κ1) is 13.3. The van der Waals surface area contributed by atoms with Gasteiger partial charge in [0.25, 0.3) is 0 Å². The molecule has 1 heterocycles. The Labute approximate surface area is 111 Å². The number of rotatable bonds is 4. The van der Waals surface area contributed by atoms with Crippen LogP contribution in [0.1, 0.15) is 25.3 Å². The lowest BCUT2D eigenvalue weighted by atomic mass is 10.0. The fourth-order valence-corrected chi connectivity index (χ4v) is 2.40. The molecule has 18 heavy (non-hydrogen) atoms. The van der Waals surface area contributed by atoms with Crippen molar-refractivity contribution < 1.29 is 0 Å². The van der Waals surface area contributed by atoms with E-state index in [1.165, 1.54) is 37.1 Å². The maximum absolute atomic E-state index is 3.67. The number of hydrogen-bond donors (Lipinski definition) is 1. The summed E-state index contributed by atoms with van der Waals surface area (Å²) in [5.74, 6) is 0. The van der Waals surface area contributed by atoms with Gasteiger partial charge in [-0.1, -0.05) is 42.0 Å². The van der Waals surface area contributed by atoms with E-state index in [2.05, 4.69) is 60.6 Å². The van der Waals surface area contributed by atoms with Crippen LogP contribution in [0.3, 0.4) is 0 Å². The van der Waals surface area contributed by atoms with E-state index in [1.54, 1.807) is 0 Å². The number of benzene rings is 1. The number of nitrogens with zero attached hydrogens (tertiary/aromatic N) is 1. The molecular weight excluding hydrogens is 220 g/mol. The van der Waals surface area contributed by atoms with Gasteiger partial charge in [0, 0.05) is 12.6 Å². The van der Waals surface area contributed by atoms with Crippen molar-refractivity contribution in [1.82, 2.24) is 10.2 Å². The monoisotopic (exact) mass is 244 g/mol. The van der Waals surface area contributed by atoms with Gasteiger partial charge in [-0.2, -0.15) is 0 Å². The zero-order valence-electron chi connectivity index (χ0n) is 11.5. The van der Waals surface area contributed by atoms with Gasteiger partial charge >= 0.3 is 0 Å². The number of hydrogen-bond acceptors (Lipinski definition) is 2. The van der Waals surface area contributed by atoms with Crippen molar-refractivity contribution in [2.45, 2.75) is 25.8 Å². The van der Waals surface area contributed by atoms with Crippen molar-refractivity contribution in [3.05, 3.63) is 41.5 Å². The highest BCUT2D eigenvalue weighted by Crippen LogP contribution is 2.10. The Bertz CT molecular complexity index is 375. The Kier molecular flexibility index (Phi) is 4.97. The van der Waals surface area contributed by atoms with E-state index in [4.69, 9.17) is 0 Å². The lowest BCUT2D eigenvalue weighted by Crippen LogP contribution is -2.41. The summed E-state index contributed by atoms with van der Waals surface area (Å²) >= 11 is 0. The molecule has 2 nitrogen and oxygen atoms in total. The molecule has 2 heteroatoms. The van der Waals surface area contributed by atoms with E-state index in [9.17, 15) is 0 Å². The van der Waals surface area contributed by atoms with Gasteiger partial charge < -0.3 is 10.2 Å². The quantitative estimate of drug-likeness (QED) is 0.876. The third kappa shape index (κ3) is 4.28. The lowest BCUT2D eigenvalue weighted by Gasteiger charge is -2.29. The molecule has 0 atom stereocenters. The standard InChI is InChI=1S/C16H24N2/c1-14(12-15-6-4-3-5-7-15)13-17-16-8-10-18(2)11-9-16/h3-7,12,16-17H,8-11,13H2,1-2H3/b14-12+. The van der Waals surface area contributed by atoms with Crippen LogP contribution in [0.2, 0.25) is 0 Å². The molecule has 98 valence electrons. The van der Waals surface area contributed by atoms with Crippen molar-refractivity contribution in [1.29, 1.82) is 0 Å². The Balaban J connectivity index is 1.78. The van der Waals surface area contributed by atoms with Gasteiger partial charge in [0.2, 0.25) is 0 Å². The Morgan fingerprint density at radius 3 is 2.61 bits per heavy atom. The molecule has 1 saturated heterocycles. The lowest BCUT2D eigenvalue weighted by molar-refractivity contribution is 0.237. The van der Waals surface area contributed by atoms with Crippen molar-refractivity contribution in [3.8, 4) is 0 Å². The molecular formula is C16H24N2. The first-order chi connectivity index (χ1) is 8.74. The zero-order valence-corrected chi connectivity index (χ0v) is 11.5. The first-order valence-electron chi connectivity index (χ1n) is 6.88. The summed E-state index contributed by atoms with van der Waals surface area (Å²) in [6, 6.07) is 11.2. The molecule has 0 aromatic heterocycles. The molecule has 1 aromatic carbocycles. The maximum Gasteiger partial charge on any atom is 0.0167 e. The van der Waals surface area contributed by atoms with Crippen LogP contribution in [0.25, 0.3) is 6.08 Å². The van der Waals surface area contributed by atoms with Gasteiger partial charge in [-0.25, -0.2) is 0 Å². The fraction of sp³-hybridized carbons (Fsp3) is 0.500. The summed E-state index contributed by atoms with van der Waals surface area (Å²) in [5, 5.41) is 3.67. The molecule has 0 spiro atoms. The molecule has 0 unspecified atom stereocenters. The van der Waals surface area contributed by atoms with Crippen molar-refractivity contribution in [2.24, 2.45) is 0 Å². The molecule has 1 N–H and O–H groups in total. The van der Waals surface area contributed by atoms with Crippen LogP contribution in [-0.4, -0.2) is 37.6 Å². The second-order valence-electron chi connectivity index (χ2n) is 5.36. The van der Waals surface area contributed by atoms with Crippen molar-refractivity contribution >= 4 is 6.08 Å². The average molecular weight is 244 g/mol. The van der Waals surface area contributed by atoms with Crippen molar-refractivity contribution in [3.63, 3.8) is 0 Å². The summed E-state index contributed by atoms with van der Waals surface area (Å²) in [5.41, 5.74) is 2.69. The predicted octanol–water partition coefficient (Wildman–Crippen LogP) is 2.77. The second-order valence-corrected chi connectivity index (χ2v) is 5.36. The minimum Gasteiger partial charge on any atom is -0.310 e. The number of likely N-dealkylation sites (tertiary alicyclic amines) is 1. The fourth-order valence-electron chi connectivity index (χ4n) is 2.40. The molecule has 1 aromatic rings. The van der Waals surface area contributed by atoms with Gasteiger partial charge in [-0.15, -0.1) is 0 Å². The van der Waals surface area contributed by atoms with Gasteiger partial charge in [-0.3, -0.25) is 0 Å². The van der Waals surface area contributed by atoms with Gasteiger partial charge in [0.05, 0.1) is 0 Å². The maximum atomic E-state index is 3.67. The number of nitrogens with one attached hydrogen (secondary N) is 1. The topological polar surface area (TPSA) is 15.3 Å². The third-order valence-corrected chi connectivity index (χ3v) is 3.60. The second kappa shape index (κ2) is 6.72. The third-order valence-electron chi connectivity index (χ3n) is 3.60. The van der Waals surface area contributed by atoms with Gasteiger partial charge in [0.15, 0.2) is 0 Å². The van der Waals surface area contributed by atoms with Gasteiger partial charge in [-0.05, 0) is 45.5 Å². The van der Waals surface area contributed by atoms with E-state index in [0.717, 1.165) is 6.54 Å². The minimum absolute atomic E-state index is 0.695. The summed E-state index contributed by atoms with van der Waals surface area (Å²) in [6.07, 6.45) is 4.81. The normalized spacial score (nSPS) is 19.1. The summed E-state index contributed by atoms with van der Waals surface area (Å²) in [6.45, 7) is 5.65. The summed E-state index contributed by atoms with van der Waals surface area (Å²) in [7, 11) is 2.21. The minimum atomic E-state index is 0.695. The molecule has 0 saturated carbocycles. The Morgan fingerprint density at radius 1 is 1.28 bits per heavy atom. The molecule has 1 aliphatic heterocycles. The average Bonchev–Trinajstić information content (AvgIpc) is 2.39. The molecule has 0 amide bonds. The van der Waals surface area contributed by atoms with Crippen molar-refractivity contribution in [2.75, 3.05) is 26.7 Å². The van der Waals surface area contributed by atoms with Crippen LogP contribution >= 0.6 is 0 Å². The van der Waals surface area contributed by atoms with E-state index in [-0.39, 0.29) is 0 Å². The van der Waals surface area contributed by atoms with Crippen LogP contribution in [0, 0.1) is 0 Å². The molecule has 0 bridgehead atoms. The largest absolute Gasteiger partial charge is 0.310 e. The molecule has 2 rings (SSSR count). The predicted molar refractivity (Wildman–Crippen MR) is 78.6 cm³/mol. The molecule has 1 aliphatic rings. The highest BCUT2D eigenvalue weighted by molar-refractivity contribution is 5.52. The van der Waals surface area contributed by atoms with Crippen LogP contribution in [0.5, 0.6) is 0 Å². The van der Waals surface area contributed by atoms with E-state index < -0.39 is 0 Å². The van der Waals surface area contributed by atoms with Crippen LogP contribution in [0.15, 0.2) is 35.9 Å². The van der Waals surface area contributed by atoms with Crippen LogP contribution in [-0.2, 0) is 0 Å². The molecule has 0 radical (unpaired) electrons. The van der Waals surface area contributed by atoms with E-state index in [1.807, 2.05) is 0 Å². The first-order valence-corrected chi connectivity index (χ1v) is 6.88. The number of piperidine rings is 1. The summed E-state index contributed by atoms with van der Waals surface area (Å²) in [4.78, 5) is 2.41. The van der Waals surface area contributed by atoms with Gasteiger partial charge in [0.1, 0.15) is 0 Å². The highest BCUT2D eigenvalue weighted by atomic mass is 15.1. The Hall–Kier alpha value is -1.12. The smallest absolute Gasteiger partial charge is 0.0167 e. The summed E-state index contributed by atoms with van der Waals surface area (Å²) < 4.78 is 0. The molecule has 0 aliphatic carbocycles. The van der Waals surface area contributed by atoms with E-state index in [0.29, 0.717) is 6.04 Å². The van der Waals surface area contributed by atoms with Crippen LogP contribution in [0.4, 0.5) is 0 Å². The Morgan fingerprint density at radius 2 is 1.94 bits per heavy atom. The SMILES string of the molecule is C/C(=C\c1ccccc1)CNC1CCN(C)CC1. The van der Waals surface area contributed by atoms with Crippen LogP contribution < -0.4 is 5.32 Å². The molecule has 1 fully saturated rings.